The Kier molecular flexibility index (Phi) is 11.6. The van der Waals surface area contributed by atoms with Crippen LogP contribution in [0.4, 0.5) is 0 Å². The first kappa shape index (κ1) is 11.8. The zero-order valence-corrected chi connectivity index (χ0v) is 10.7. The van der Waals surface area contributed by atoms with Gasteiger partial charge in [-0.1, -0.05) is 0 Å². The van der Waals surface area contributed by atoms with Crippen LogP contribution in [0, 0.1) is 0 Å². The molecule has 11 heavy (non-hydrogen) atoms. The van der Waals surface area contributed by atoms with Crippen LogP contribution in [0.25, 0.3) is 0 Å². The van der Waals surface area contributed by atoms with Crippen LogP contribution in [0.15, 0.2) is 0 Å². The average molecular weight is 260 g/mol. The second-order valence-electron chi connectivity index (χ2n) is 3.22. The van der Waals surface area contributed by atoms with E-state index >= 15 is 0 Å². The molecule has 1 heteroatoms. The van der Waals surface area contributed by atoms with E-state index in [9.17, 15) is 0 Å². The van der Waals surface area contributed by atoms with Gasteiger partial charge in [-0.05, 0) is 0 Å². The van der Waals surface area contributed by atoms with Gasteiger partial charge in [0.1, 0.15) is 0 Å². The van der Waals surface area contributed by atoms with Crippen molar-refractivity contribution in [1.29, 1.82) is 0 Å². The summed E-state index contributed by atoms with van der Waals surface area (Å²) >= 11 is 1.71. The molecule has 3 radical (unpaired) electrons. The van der Waals surface area contributed by atoms with Crippen LogP contribution in [-0.2, 0) is 0 Å². The van der Waals surface area contributed by atoms with Gasteiger partial charge < -0.3 is 0 Å². The van der Waals surface area contributed by atoms with Crippen LogP contribution in [0.5, 0.6) is 0 Å². The van der Waals surface area contributed by atoms with Gasteiger partial charge in [-0.2, -0.15) is 0 Å². The molecule has 0 rings (SSSR count). The summed E-state index contributed by atoms with van der Waals surface area (Å²) in [6, 6.07) is 0. The first-order valence-electron chi connectivity index (χ1n) is 5.06. The third-order valence-corrected chi connectivity index (χ3v) is 3.04. The summed E-state index contributed by atoms with van der Waals surface area (Å²) in [6.45, 7) is 2.28. The van der Waals surface area contributed by atoms with Gasteiger partial charge in [0.25, 0.3) is 0 Å². The van der Waals surface area contributed by atoms with E-state index in [2.05, 4.69) is 6.92 Å². The molecule has 0 saturated carbocycles. The van der Waals surface area contributed by atoms with E-state index in [4.69, 9.17) is 0 Å². The molecule has 0 unspecified atom stereocenters. The van der Waals surface area contributed by atoms with E-state index in [-0.39, 0.29) is 0 Å². The van der Waals surface area contributed by atoms with Gasteiger partial charge in [0.05, 0.1) is 0 Å². The summed E-state index contributed by atoms with van der Waals surface area (Å²) in [5, 5.41) is 0. The van der Waals surface area contributed by atoms with Crippen molar-refractivity contribution < 1.29 is 0 Å². The standard InChI is InChI=1S/C10H21.Sn/c1-3-5-7-9-10-8-6-4-2;/h1,3-10H2,2H3;. The summed E-state index contributed by atoms with van der Waals surface area (Å²) in [6.07, 6.45) is 11.7. The maximum absolute atomic E-state index is 2.28. The van der Waals surface area contributed by atoms with Crippen molar-refractivity contribution >= 4 is 22.5 Å². The van der Waals surface area contributed by atoms with E-state index in [1.807, 2.05) is 0 Å². The molecule has 0 aromatic carbocycles. The normalized spacial score (nSPS) is 10.4. The van der Waals surface area contributed by atoms with Crippen LogP contribution >= 0.6 is 0 Å². The second-order valence-corrected chi connectivity index (χ2v) is 4.65. The van der Waals surface area contributed by atoms with Crippen LogP contribution in [0.1, 0.15) is 58.3 Å². The predicted octanol–water partition coefficient (Wildman–Crippen LogP) is 3.71. The number of rotatable bonds is 8. The van der Waals surface area contributed by atoms with Gasteiger partial charge >= 0.3 is 85.3 Å². The molecule has 0 amide bonds. The molecule has 0 heterocycles. The van der Waals surface area contributed by atoms with Crippen LogP contribution in [-0.4, -0.2) is 22.5 Å². The van der Waals surface area contributed by atoms with E-state index < -0.39 is 0 Å². The fraction of sp³-hybridized carbons (Fsp3) is 1.00. The molecule has 0 bridgehead atoms. The summed E-state index contributed by atoms with van der Waals surface area (Å²) in [4.78, 5) is 0. The van der Waals surface area contributed by atoms with Crippen molar-refractivity contribution in [1.82, 2.24) is 0 Å². The fourth-order valence-corrected chi connectivity index (χ4v) is 1.97. The summed E-state index contributed by atoms with van der Waals surface area (Å²) in [7, 11) is 0. The van der Waals surface area contributed by atoms with Gasteiger partial charge in [0.15, 0.2) is 0 Å². The average Bonchev–Trinajstić information content (AvgIpc) is 2.03. The molecular weight excluding hydrogens is 239 g/mol. The zero-order valence-electron chi connectivity index (χ0n) is 7.86. The topological polar surface area (TPSA) is 0 Å². The Morgan fingerprint density at radius 1 is 0.727 bits per heavy atom. The summed E-state index contributed by atoms with van der Waals surface area (Å²) < 4.78 is 1.46. The molecule has 0 aliphatic carbocycles. The van der Waals surface area contributed by atoms with Gasteiger partial charge in [-0.3, -0.25) is 0 Å². The molecule has 0 aliphatic rings. The molecule has 0 fully saturated rings. The minimum absolute atomic E-state index is 1.37. The van der Waals surface area contributed by atoms with Crippen molar-refractivity contribution in [2.75, 3.05) is 0 Å². The van der Waals surface area contributed by atoms with Crippen LogP contribution in [0.2, 0.25) is 4.44 Å². The molecule has 0 nitrogen and oxygen atoms in total. The molecule has 0 N–H and O–H groups in total. The van der Waals surface area contributed by atoms with Gasteiger partial charge in [-0.15, -0.1) is 0 Å². The predicted molar refractivity (Wildman–Crippen MR) is 53.2 cm³/mol. The van der Waals surface area contributed by atoms with Crippen molar-refractivity contribution in [3.8, 4) is 0 Å². The van der Waals surface area contributed by atoms with Crippen molar-refractivity contribution in [2.45, 2.75) is 62.7 Å². The Bertz CT molecular complexity index is 53.9. The SMILES string of the molecule is CCCCCCCCC[CH2][Sn]. The Hall–Kier alpha value is 0.799. The Morgan fingerprint density at radius 3 is 1.64 bits per heavy atom. The van der Waals surface area contributed by atoms with Gasteiger partial charge in [0.2, 0.25) is 0 Å². The Balaban J connectivity index is 2.69. The Morgan fingerprint density at radius 2 is 1.18 bits per heavy atom. The maximum atomic E-state index is 2.28. The Labute approximate surface area is 85.2 Å². The quantitative estimate of drug-likeness (QED) is 0.461. The van der Waals surface area contributed by atoms with E-state index in [1.54, 1.807) is 22.5 Å². The van der Waals surface area contributed by atoms with Crippen LogP contribution in [0.3, 0.4) is 0 Å². The zero-order chi connectivity index (χ0) is 8.36. The minimum atomic E-state index is 1.37. The fourth-order valence-electron chi connectivity index (χ4n) is 1.26. The number of unbranched alkanes of at least 4 members (excludes halogenated alkanes) is 7. The van der Waals surface area contributed by atoms with Gasteiger partial charge in [0, 0.05) is 0 Å². The molecule has 0 aliphatic heterocycles. The molecule has 0 saturated heterocycles. The molecule has 65 valence electrons. The number of hydrogen-bond donors (Lipinski definition) is 0. The van der Waals surface area contributed by atoms with Crippen molar-refractivity contribution in [2.24, 2.45) is 0 Å². The third-order valence-electron chi connectivity index (χ3n) is 2.03. The first-order chi connectivity index (χ1) is 5.41. The number of hydrogen-bond acceptors (Lipinski definition) is 0. The molecule has 0 aromatic rings. The molecule has 0 aromatic heterocycles. The van der Waals surface area contributed by atoms with E-state index in [1.165, 1.54) is 55.8 Å². The van der Waals surface area contributed by atoms with Crippen molar-refractivity contribution in [3.63, 3.8) is 0 Å². The first-order valence-corrected chi connectivity index (χ1v) is 7.08. The molecule has 0 spiro atoms. The van der Waals surface area contributed by atoms with E-state index in [0.717, 1.165) is 0 Å². The van der Waals surface area contributed by atoms with Crippen molar-refractivity contribution in [3.05, 3.63) is 0 Å². The third kappa shape index (κ3) is 10.8. The monoisotopic (exact) mass is 261 g/mol. The molecular formula is C10H21Sn. The second kappa shape index (κ2) is 10.8. The summed E-state index contributed by atoms with van der Waals surface area (Å²) in [5.41, 5.74) is 0. The van der Waals surface area contributed by atoms with Crippen LogP contribution < -0.4 is 0 Å². The van der Waals surface area contributed by atoms with E-state index in [0.29, 0.717) is 0 Å². The van der Waals surface area contributed by atoms with Gasteiger partial charge in [-0.25, -0.2) is 0 Å². The molecule has 0 atom stereocenters. The summed E-state index contributed by atoms with van der Waals surface area (Å²) in [5.74, 6) is 0.